The van der Waals surface area contributed by atoms with Crippen molar-refractivity contribution in [2.75, 3.05) is 0 Å². The summed E-state index contributed by atoms with van der Waals surface area (Å²) in [6, 6.07) is 7.68. The zero-order valence-electron chi connectivity index (χ0n) is 9.25. The van der Waals surface area contributed by atoms with Gasteiger partial charge in [0, 0.05) is 0 Å². The van der Waals surface area contributed by atoms with Crippen LogP contribution in [0.5, 0.6) is 0 Å². The van der Waals surface area contributed by atoms with Gasteiger partial charge in [-0.1, -0.05) is 12.1 Å². The lowest BCUT2D eigenvalue weighted by atomic mass is 10.1. The van der Waals surface area contributed by atoms with Crippen molar-refractivity contribution >= 4 is 5.91 Å². The van der Waals surface area contributed by atoms with Gasteiger partial charge in [0.1, 0.15) is 11.4 Å². The van der Waals surface area contributed by atoms with E-state index in [1.54, 1.807) is 26.0 Å². The van der Waals surface area contributed by atoms with E-state index >= 15 is 0 Å². The molecule has 0 radical (unpaired) electrons. The molecule has 1 N–H and O–H groups in total. The van der Waals surface area contributed by atoms with E-state index in [1.807, 2.05) is 6.07 Å². The van der Waals surface area contributed by atoms with Crippen LogP contribution >= 0.6 is 0 Å². The van der Waals surface area contributed by atoms with Crippen molar-refractivity contribution in [3.63, 3.8) is 0 Å². The van der Waals surface area contributed by atoms with Crippen LogP contribution in [0.3, 0.4) is 0 Å². The van der Waals surface area contributed by atoms with E-state index in [2.05, 4.69) is 5.32 Å². The lowest BCUT2D eigenvalue weighted by Crippen LogP contribution is -2.42. The smallest absolute Gasteiger partial charge is 0.225 e. The summed E-state index contributed by atoms with van der Waals surface area (Å²) in [5.74, 6) is -0.584. The average molecular weight is 220 g/mol. The molecule has 0 spiro atoms. The number of benzene rings is 1. The van der Waals surface area contributed by atoms with Gasteiger partial charge in [-0.2, -0.15) is 5.26 Å². The Balaban J connectivity index is 2.59. The maximum atomic E-state index is 12.6. The molecule has 0 fully saturated rings. The Hall–Kier alpha value is -1.89. The molecule has 1 aromatic carbocycles. The number of carbonyl (C=O) groups excluding carboxylic acids is 1. The van der Waals surface area contributed by atoms with Crippen molar-refractivity contribution in [3.8, 4) is 6.07 Å². The average Bonchev–Trinajstić information content (AvgIpc) is 2.21. The maximum absolute atomic E-state index is 12.6. The molecule has 0 atom stereocenters. The summed E-state index contributed by atoms with van der Waals surface area (Å²) in [5, 5.41) is 11.3. The summed E-state index contributed by atoms with van der Waals surface area (Å²) < 4.78 is 12.6. The second kappa shape index (κ2) is 4.75. The Morgan fingerprint density at radius 3 is 2.50 bits per heavy atom. The maximum Gasteiger partial charge on any atom is 0.225 e. The predicted octanol–water partition coefficient (Wildman–Crippen LogP) is 1.79. The molecule has 0 saturated carbocycles. The Morgan fingerprint density at radius 1 is 1.44 bits per heavy atom. The van der Waals surface area contributed by atoms with Gasteiger partial charge in [-0.3, -0.25) is 4.79 Å². The molecule has 1 amide bonds. The van der Waals surface area contributed by atoms with Crippen molar-refractivity contribution < 1.29 is 9.18 Å². The molecule has 1 rings (SSSR count). The van der Waals surface area contributed by atoms with E-state index in [4.69, 9.17) is 5.26 Å². The molecule has 16 heavy (non-hydrogen) atoms. The van der Waals surface area contributed by atoms with Crippen molar-refractivity contribution in [3.05, 3.63) is 35.6 Å². The third kappa shape index (κ3) is 3.70. The molecule has 0 bridgehead atoms. The van der Waals surface area contributed by atoms with Gasteiger partial charge >= 0.3 is 0 Å². The molecule has 0 heterocycles. The molecule has 1 aromatic rings. The summed E-state index contributed by atoms with van der Waals surface area (Å²) >= 11 is 0. The highest BCUT2D eigenvalue weighted by Crippen LogP contribution is 2.05. The van der Waals surface area contributed by atoms with Gasteiger partial charge in [-0.25, -0.2) is 4.39 Å². The largest absolute Gasteiger partial charge is 0.338 e. The lowest BCUT2D eigenvalue weighted by molar-refractivity contribution is -0.121. The first-order valence-corrected chi connectivity index (χ1v) is 4.90. The minimum absolute atomic E-state index is 0.144. The molecule has 0 aliphatic carbocycles. The summed E-state index contributed by atoms with van der Waals surface area (Å²) in [7, 11) is 0. The number of nitrogens with zero attached hydrogens (tertiary/aromatic N) is 1. The normalized spacial score (nSPS) is 10.6. The minimum atomic E-state index is -0.878. The first kappa shape index (κ1) is 12.2. The fraction of sp³-hybridized carbons (Fsp3) is 0.333. The number of nitrogens with one attached hydrogen (secondary N) is 1. The molecule has 4 heteroatoms. The Bertz CT molecular complexity index is 418. The number of halogens is 1. The molecule has 0 aromatic heterocycles. The molecule has 0 saturated heterocycles. The van der Waals surface area contributed by atoms with Crippen LogP contribution in [0.1, 0.15) is 19.4 Å². The summed E-state index contributed by atoms with van der Waals surface area (Å²) in [5.41, 5.74) is -0.162. The molecule has 3 nitrogen and oxygen atoms in total. The zero-order valence-corrected chi connectivity index (χ0v) is 9.25. The quantitative estimate of drug-likeness (QED) is 0.844. The van der Waals surface area contributed by atoms with Crippen molar-refractivity contribution in [2.45, 2.75) is 25.8 Å². The van der Waals surface area contributed by atoms with Crippen LogP contribution in [0.15, 0.2) is 24.3 Å². The van der Waals surface area contributed by atoms with E-state index in [0.717, 1.165) is 0 Å². The van der Waals surface area contributed by atoms with Gasteiger partial charge in [-0.05, 0) is 31.5 Å². The van der Waals surface area contributed by atoms with Crippen LogP contribution in [0.2, 0.25) is 0 Å². The third-order valence-corrected chi connectivity index (χ3v) is 2.01. The molecule has 0 aliphatic heterocycles. The van der Waals surface area contributed by atoms with Crippen LogP contribution < -0.4 is 5.32 Å². The van der Waals surface area contributed by atoms with Crippen LogP contribution in [0.25, 0.3) is 0 Å². The number of hydrogen-bond acceptors (Lipinski definition) is 2. The summed E-state index contributed by atoms with van der Waals surface area (Å²) in [6.45, 7) is 3.24. The van der Waals surface area contributed by atoms with E-state index in [0.29, 0.717) is 5.56 Å². The zero-order chi connectivity index (χ0) is 12.2. The van der Waals surface area contributed by atoms with E-state index < -0.39 is 5.54 Å². The number of carbonyl (C=O) groups is 1. The first-order valence-electron chi connectivity index (χ1n) is 4.90. The SMILES string of the molecule is CC(C)(C#N)NC(=O)Cc1ccc(F)cc1. The van der Waals surface area contributed by atoms with Crippen LogP contribution in [0.4, 0.5) is 4.39 Å². The van der Waals surface area contributed by atoms with Gasteiger partial charge in [-0.15, -0.1) is 0 Å². The molecule has 0 unspecified atom stereocenters. The predicted molar refractivity (Wildman–Crippen MR) is 57.9 cm³/mol. The van der Waals surface area contributed by atoms with E-state index in [-0.39, 0.29) is 18.1 Å². The third-order valence-electron chi connectivity index (χ3n) is 2.01. The summed E-state index contributed by atoms with van der Waals surface area (Å²) in [6.07, 6.45) is 0.144. The molecule has 84 valence electrons. The standard InChI is InChI=1S/C12H13FN2O/c1-12(2,8-14)15-11(16)7-9-3-5-10(13)6-4-9/h3-6H,7H2,1-2H3,(H,15,16). The monoisotopic (exact) mass is 220 g/mol. The highest BCUT2D eigenvalue weighted by atomic mass is 19.1. The fourth-order valence-corrected chi connectivity index (χ4v) is 1.21. The van der Waals surface area contributed by atoms with Gasteiger partial charge in [0.25, 0.3) is 0 Å². The second-order valence-corrected chi connectivity index (χ2v) is 4.09. The summed E-state index contributed by atoms with van der Waals surface area (Å²) in [4.78, 5) is 11.5. The highest BCUT2D eigenvalue weighted by molar-refractivity contribution is 5.79. The molecular weight excluding hydrogens is 207 g/mol. The Morgan fingerprint density at radius 2 is 2.00 bits per heavy atom. The van der Waals surface area contributed by atoms with E-state index in [1.165, 1.54) is 12.1 Å². The van der Waals surface area contributed by atoms with E-state index in [9.17, 15) is 9.18 Å². The lowest BCUT2D eigenvalue weighted by Gasteiger charge is -2.17. The van der Waals surface area contributed by atoms with Crippen LogP contribution in [-0.2, 0) is 11.2 Å². The number of rotatable bonds is 3. The Labute approximate surface area is 93.9 Å². The number of nitriles is 1. The number of hydrogen-bond donors (Lipinski definition) is 1. The first-order chi connectivity index (χ1) is 7.43. The van der Waals surface area contributed by atoms with Gasteiger partial charge in [0.15, 0.2) is 0 Å². The van der Waals surface area contributed by atoms with Crippen molar-refractivity contribution in [2.24, 2.45) is 0 Å². The van der Waals surface area contributed by atoms with Gasteiger partial charge in [0.05, 0.1) is 12.5 Å². The topological polar surface area (TPSA) is 52.9 Å². The number of amides is 1. The van der Waals surface area contributed by atoms with Crippen molar-refractivity contribution in [1.82, 2.24) is 5.32 Å². The van der Waals surface area contributed by atoms with Gasteiger partial charge in [0.2, 0.25) is 5.91 Å². The van der Waals surface area contributed by atoms with Crippen LogP contribution in [0, 0.1) is 17.1 Å². The van der Waals surface area contributed by atoms with Crippen LogP contribution in [-0.4, -0.2) is 11.4 Å². The van der Waals surface area contributed by atoms with Gasteiger partial charge < -0.3 is 5.32 Å². The molecule has 0 aliphatic rings. The minimum Gasteiger partial charge on any atom is -0.338 e. The second-order valence-electron chi connectivity index (χ2n) is 4.09. The van der Waals surface area contributed by atoms with Crippen molar-refractivity contribution in [1.29, 1.82) is 5.26 Å². The highest BCUT2D eigenvalue weighted by Gasteiger charge is 2.18. The Kier molecular flexibility index (Phi) is 3.62. The molecular formula is C12H13FN2O. The fourth-order valence-electron chi connectivity index (χ4n) is 1.21.